The van der Waals surface area contributed by atoms with Crippen LogP contribution in [0.3, 0.4) is 0 Å². The van der Waals surface area contributed by atoms with Crippen LogP contribution in [0.5, 0.6) is 0 Å². The maximum atomic E-state index is 12.1. The molecule has 2 nitrogen and oxygen atoms in total. The molecule has 0 amide bonds. The maximum Gasteiger partial charge on any atom is 0.434 e. The van der Waals surface area contributed by atoms with Crippen LogP contribution in [-0.4, -0.2) is 4.98 Å². The molecule has 0 saturated heterocycles. The number of hydrogen-bond acceptors (Lipinski definition) is 3. The molecule has 0 fully saturated rings. The molecule has 0 unspecified atom stereocenters. The quantitative estimate of drug-likeness (QED) is 0.814. The van der Waals surface area contributed by atoms with Gasteiger partial charge in [-0.25, -0.2) is 4.98 Å². The van der Waals surface area contributed by atoms with E-state index in [-0.39, 0.29) is 6.04 Å². The smallest absolute Gasteiger partial charge is 0.322 e. The monoisotopic (exact) mass is 210 g/mol. The normalized spacial score (nSPS) is 14.5. The van der Waals surface area contributed by atoms with Crippen molar-refractivity contribution in [2.24, 2.45) is 5.73 Å². The van der Waals surface area contributed by atoms with E-state index >= 15 is 0 Å². The third-order valence-electron chi connectivity index (χ3n) is 1.57. The summed E-state index contributed by atoms with van der Waals surface area (Å²) in [5, 5.41) is 1.33. The van der Waals surface area contributed by atoms with Crippen molar-refractivity contribution in [1.82, 2.24) is 4.98 Å². The van der Waals surface area contributed by atoms with Gasteiger partial charge in [0.25, 0.3) is 0 Å². The first-order valence-corrected chi connectivity index (χ1v) is 4.61. The molecule has 0 radical (unpaired) electrons. The Kier molecular flexibility index (Phi) is 2.92. The van der Waals surface area contributed by atoms with Gasteiger partial charge in [0.1, 0.15) is 5.01 Å². The Bertz CT molecular complexity index is 282. The van der Waals surface area contributed by atoms with Crippen LogP contribution in [-0.2, 0) is 6.18 Å². The lowest BCUT2D eigenvalue weighted by molar-refractivity contribution is -0.140. The molecule has 74 valence electrons. The van der Waals surface area contributed by atoms with E-state index in [1.54, 1.807) is 6.92 Å². The number of thiazole rings is 1. The fraction of sp³-hybridized carbons (Fsp3) is 0.571. The Labute approximate surface area is 77.6 Å². The molecule has 1 aromatic rings. The molecule has 1 atom stereocenters. The van der Waals surface area contributed by atoms with Crippen molar-refractivity contribution >= 4 is 11.3 Å². The molecule has 0 aliphatic rings. The minimum Gasteiger partial charge on any atom is -0.322 e. The zero-order chi connectivity index (χ0) is 10.1. The van der Waals surface area contributed by atoms with Crippen molar-refractivity contribution in [2.75, 3.05) is 0 Å². The van der Waals surface area contributed by atoms with Crippen LogP contribution in [0, 0.1) is 0 Å². The second-order valence-electron chi connectivity index (χ2n) is 2.58. The number of aromatic nitrogens is 1. The summed E-state index contributed by atoms with van der Waals surface area (Å²) >= 11 is 0.953. The predicted molar refractivity (Wildman–Crippen MR) is 44.3 cm³/mol. The Balaban J connectivity index is 2.87. The van der Waals surface area contributed by atoms with Crippen LogP contribution < -0.4 is 5.73 Å². The van der Waals surface area contributed by atoms with E-state index in [9.17, 15) is 13.2 Å². The summed E-state index contributed by atoms with van der Waals surface area (Å²) in [5.41, 5.74) is 4.68. The van der Waals surface area contributed by atoms with Crippen LogP contribution in [0.25, 0.3) is 0 Å². The van der Waals surface area contributed by atoms with Crippen LogP contribution in [0.1, 0.15) is 30.1 Å². The number of hydrogen-bond donors (Lipinski definition) is 1. The van der Waals surface area contributed by atoms with Gasteiger partial charge in [-0.1, -0.05) is 6.92 Å². The summed E-state index contributed by atoms with van der Waals surface area (Å²) in [6, 6.07) is -0.388. The molecule has 0 aliphatic heterocycles. The molecule has 0 aromatic carbocycles. The zero-order valence-electron chi connectivity index (χ0n) is 6.93. The molecule has 0 saturated carbocycles. The fourth-order valence-corrected chi connectivity index (χ4v) is 1.67. The van der Waals surface area contributed by atoms with Gasteiger partial charge >= 0.3 is 6.18 Å². The van der Waals surface area contributed by atoms with Crippen molar-refractivity contribution in [3.63, 3.8) is 0 Å². The standard InChI is InChI=1S/C7H9F3N2S/c1-2-4(11)6-12-5(3-13-6)7(8,9)10/h3-4H,2,11H2,1H3/t4-/m0/s1. The summed E-state index contributed by atoms with van der Waals surface area (Å²) in [7, 11) is 0. The van der Waals surface area contributed by atoms with Crippen LogP contribution >= 0.6 is 11.3 Å². The zero-order valence-corrected chi connectivity index (χ0v) is 7.75. The molecule has 13 heavy (non-hydrogen) atoms. The van der Waals surface area contributed by atoms with E-state index in [2.05, 4.69) is 4.98 Å². The maximum absolute atomic E-state index is 12.1. The summed E-state index contributed by atoms with van der Waals surface area (Å²) in [6.07, 6.45) is -3.77. The van der Waals surface area contributed by atoms with Crippen molar-refractivity contribution in [3.05, 3.63) is 16.1 Å². The van der Waals surface area contributed by atoms with E-state index in [1.807, 2.05) is 0 Å². The average Bonchev–Trinajstić information content (AvgIpc) is 2.50. The van der Waals surface area contributed by atoms with Gasteiger partial charge in [-0.05, 0) is 6.42 Å². The van der Waals surface area contributed by atoms with Crippen molar-refractivity contribution < 1.29 is 13.2 Å². The third kappa shape index (κ3) is 2.41. The van der Waals surface area contributed by atoms with Gasteiger partial charge < -0.3 is 5.73 Å². The molecule has 0 bridgehead atoms. The lowest BCUT2D eigenvalue weighted by Crippen LogP contribution is -2.10. The first-order valence-electron chi connectivity index (χ1n) is 3.73. The van der Waals surface area contributed by atoms with Crippen molar-refractivity contribution in [1.29, 1.82) is 0 Å². The summed E-state index contributed by atoms with van der Waals surface area (Å²) < 4.78 is 36.2. The first kappa shape index (κ1) is 10.5. The minimum absolute atomic E-state index is 0.342. The summed E-state index contributed by atoms with van der Waals surface area (Å²) in [6.45, 7) is 1.80. The molecule has 6 heteroatoms. The molecule has 2 N–H and O–H groups in total. The number of alkyl halides is 3. The Morgan fingerprint density at radius 2 is 2.23 bits per heavy atom. The van der Waals surface area contributed by atoms with Gasteiger partial charge in [0, 0.05) is 5.38 Å². The topological polar surface area (TPSA) is 38.9 Å². The van der Waals surface area contributed by atoms with Crippen LogP contribution in [0.4, 0.5) is 13.2 Å². The molecule has 0 aliphatic carbocycles. The highest BCUT2D eigenvalue weighted by molar-refractivity contribution is 7.09. The van der Waals surface area contributed by atoms with Gasteiger partial charge in [0.05, 0.1) is 6.04 Å². The first-order chi connectivity index (χ1) is 5.95. The summed E-state index contributed by atoms with van der Waals surface area (Å²) in [5.74, 6) is 0. The number of nitrogens with two attached hydrogens (primary N) is 1. The van der Waals surface area contributed by atoms with Gasteiger partial charge in [-0.15, -0.1) is 11.3 Å². The number of halogens is 3. The van der Waals surface area contributed by atoms with Gasteiger partial charge in [-0.2, -0.15) is 13.2 Å². The highest BCUT2D eigenvalue weighted by atomic mass is 32.1. The van der Waals surface area contributed by atoms with Gasteiger partial charge in [-0.3, -0.25) is 0 Å². The highest BCUT2D eigenvalue weighted by Crippen LogP contribution is 2.31. The SMILES string of the molecule is CC[C@H](N)c1nc(C(F)(F)F)cs1. The van der Waals surface area contributed by atoms with E-state index in [0.29, 0.717) is 11.4 Å². The van der Waals surface area contributed by atoms with Gasteiger partial charge in [0.2, 0.25) is 0 Å². The van der Waals surface area contributed by atoms with Crippen molar-refractivity contribution in [2.45, 2.75) is 25.6 Å². The Morgan fingerprint density at radius 3 is 2.62 bits per heavy atom. The highest BCUT2D eigenvalue weighted by Gasteiger charge is 2.34. The third-order valence-corrected chi connectivity index (χ3v) is 2.55. The van der Waals surface area contributed by atoms with E-state index in [0.717, 1.165) is 16.7 Å². The number of rotatable bonds is 2. The predicted octanol–water partition coefficient (Wildman–Crippen LogP) is 2.57. The second-order valence-corrected chi connectivity index (χ2v) is 3.47. The largest absolute Gasteiger partial charge is 0.434 e. The Morgan fingerprint density at radius 1 is 1.62 bits per heavy atom. The van der Waals surface area contributed by atoms with Gasteiger partial charge in [0.15, 0.2) is 5.69 Å². The van der Waals surface area contributed by atoms with E-state index in [1.165, 1.54) is 0 Å². The van der Waals surface area contributed by atoms with Crippen molar-refractivity contribution in [3.8, 4) is 0 Å². The molecule has 1 aromatic heterocycles. The lowest BCUT2D eigenvalue weighted by atomic mass is 10.2. The second kappa shape index (κ2) is 3.63. The van der Waals surface area contributed by atoms with Crippen LogP contribution in [0.15, 0.2) is 5.38 Å². The average molecular weight is 210 g/mol. The van der Waals surface area contributed by atoms with E-state index < -0.39 is 11.9 Å². The molecular weight excluding hydrogens is 201 g/mol. The van der Waals surface area contributed by atoms with E-state index in [4.69, 9.17) is 5.73 Å². The fourth-order valence-electron chi connectivity index (χ4n) is 0.763. The lowest BCUT2D eigenvalue weighted by Gasteiger charge is -2.03. The molecule has 0 spiro atoms. The Hall–Kier alpha value is -0.620. The van der Waals surface area contributed by atoms with Crippen LogP contribution in [0.2, 0.25) is 0 Å². The molecular formula is C7H9F3N2S. The minimum atomic E-state index is -4.36. The molecule has 1 rings (SSSR count). The summed E-state index contributed by atoms with van der Waals surface area (Å²) in [4.78, 5) is 3.42. The molecule has 1 heterocycles. The number of nitrogens with zero attached hydrogens (tertiary/aromatic N) is 1.